The van der Waals surface area contributed by atoms with Gasteiger partial charge in [-0.05, 0) is 70.3 Å². The molecule has 2 bridgehead atoms. The lowest BCUT2D eigenvalue weighted by Gasteiger charge is -2.53. The normalized spacial score (nSPS) is 31.3. The quantitative estimate of drug-likeness (QED) is 0.779. The summed E-state index contributed by atoms with van der Waals surface area (Å²) >= 11 is 0. The van der Waals surface area contributed by atoms with Crippen LogP contribution in [0.15, 0.2) is 18.2 Å². The highest BCUT2D eigenvalue weighted by Gasteiger charge is 2.49. The van der Waals surface area contributed by atoms with Crippen molar-refractivity contribution in [1.29, 1.82) is 0 Å². The number of hydrogen-bond donors (Lipinski definition) is 1. The van der Waals surface area contributed by atoms with Crippen molar-refractivity contribution in [1.82, 2.24) is 0 Å². The number of aliphatic carboxylic acids is 1. The van der Waals surface area contributed by atoms with Crippen LogP contribution < -0.4 is 9.47 Å². The second kappa shape index (κ2) is 6.17. The Morgan fingerprint density at radius 1 is 1.12 bits per heavy atom. The van der Waals surface area contributed by atoms with Crippen molar-refractivity contribution in [2.24, 2.45) is 10.8 Å². The minimum atomic E-state index is -0.661. The molecule has 1 N–H and O–H groups in total. The summed E-state index contributed by atoms with van der Waals surface area (Å²) in [6.07, 6.45) is 9.02. The van der Waals surface area contributed by atoms with Crippen molar-refractivity contribution in [2.75, 3.05) is 6.61 Å². The first-order chi connectivity index (χ1) is 12.3. The molecule has 4 aliphatic rings. The van der Waals surface area contributed by atoms with Crippen LogP contribution in [-0.4, -0.2) is 23.3 Å². The summed E-state index contributed by atoms with van der Waals surface area (Å²) in [5.74, 6) is 1.15. The van der Waals surface area contributed by atoms with Crippen LogP contribution in [0.5, 0.6) is 11.5 Å². The van der Waals surface area contributed by atoms with E-state index in [9.17, 15) is 4.79 Å². The molecular formula is C22H30O4. The number of rotatable bonds is 6. The predicted molar refractivity (Wildman–Crippen MR) is 99.8 cm³/mol. The zero-order valence-corrected chi connectivity index (χ0v) is 16.0. The summed E-state index contributed by atoms with van der Waals surface area (Å²) in [7, 11) is 0. The number of carboxylic acid groups (broad SMARTS) is 1. The van der Waals surface area contributed by atoms with Crippen molar-refractivity contribution < 1.29 is 19.4 Å². The second-order valence-electron chi connectivity index (χ2n) is 9.47. The minimum absolute atomic E-state index is 0.153. The van der Waals surface area contributed by atoms with Gasteiger partial charge in [0.05, 0.1) is 6.61 Å². The van der Waals surface area contributed by atoms with Gasteiger partial charge in [0.25, 0.3) is 0 Å². The minimum Gasteiger partial charge on any atom is -0.489 e. The molecular weight excluding hydrogens is 328 g/mol. The van der Waals surface area contributed by atoms with E-state index in [0.717, 1.165) is 69.5 Å². The summed E-state index contributed by atoms with van der Waals surface area (Å²) in [6, 6.07) is 6.22. The summed E-state index contributed by atoms with van der Waals surface area (Å²) < 4.78 is 12.4. The van der Waals surface area contributed by atoms with Gasteiger partial charge < -0.3 is 14.6 Å². The van der Waals surface area contributed by atoms with Crippen LogP contribution in [0.4, 0.5) is 0 Å². The van der Waals surface area contributed by atoms with Gasteiger partial charge in [-0.25, -0.2) is 0 Å². The molecule has 0 saturated heterocycles. The Hall–Kier alpha value is -1.71. The lowest BCUT2D eigenvalue weighted by Crippen LogP contribution is -2.44. The van der Waals surface area contributed by atoms with Gasteiger partial charge in [0, 0.05) is 23.8 Å². The van der Waals surface area contributed by atoms with Gasteiger partial charge in [-0.1, -0.05) is 12.1 Å². The first-order valence-electron chi connectivity index (χ1n) is 9.96. The maximum Gasteiger partial charge on any atom is 0.303 e. The lowest BCUT2D eigenvalue weighted by atomic mass is 9.53. The molecule has 0 unspecified atom stereocenters. The van der Waals surface area contributed by atoms with Gasteiger partial charge >= 0.3 is 5.97 Å². The van der Waals surface area contributed by atoms with E-state index in [4.69, 9.17) is 14.6 Å². The molecule has 142 valence electrons. The number of carbonyl (C=O) groups is 1. The Balaban J connectivity index is 1.39. The SMILES string of the molecule is CC1(C)Cc2cccc(OCC34CCC(CCC(=O)O)(CC3)CC4)c2O1. The van der Waals surface area contributed by atoms with E-state index in [0.29, 0.717) is 6.42 Å². The highest BCUT2D eigenvalue weighted by atomic mass is 16.5. The molecule has 1 aromatic carbocycles. The molecule has 0 amide bonds. The Bertz CT molecular complexity index is 682. The fourth-order valence-corrected chi connectivity index (χ4v) is 5.24. The maximum absolute atomic E-state index is 10.9. The average molecular weight is 358 g/mol. The third-order valence-electron chi connectivity index (χ3n) is 7.02. The number of para-hydroxylation sites is 1. The van der Waals surface area contributed by atoms with Crippen LogP contribution in [0.1, 0.15) is 70.8 Å². The summed E-state index contributed by atoms with van der Waals surface area (Å²) in [6.45, 7) is 4.99. The molecule has 5 rings (SSSR count). The van der Waals surface area contributed by atoms with E-state index >= 15 is 0 Å². The summed E-state index contributed by atoms with van der Waals surface area (Å²) in [5.41, 5.74) is 1.63. The molecule has 0 atom stereocenters. The van der Waals surface area contributed by atoms with Crippen molar-refractivity contribution in [3.05, 3.63) is 23.8 Å². The zero-order chi connectivity index (χ0) is 18.4. The van der Waals surface area contributed by atoms with Crippen LogP contribution in [0.2, 0.25) is 0 Å². The van der Waals surface area contributed by atoms with Crippen LogP contribution in [0, 0.1) is 10.8 Å². The highest BCUT2D eigenvalue weighted by molar-refractivity contribution is 5.66. The average Bonchev–Trinajstić information content (AvgIpc) is 2.94. The van der Waals surface area contributed by atoms with Crippen LogP contribution in [0.25, 0.3) is 0 Å². The molecule has 1 heterocycles. The number of carboxylic acids is 1. The molecule has 26 heavy (non-hydrogen) atoms. The molecule has 4 heteroatoms. The monoisotopic (exact) mass is 358 g/mol. The van der Waals surface area contributed by atoms with E-state index in [-0.39, 0.29) is 16.4 Å². The van der Waals surface area contributed by atoms with Gasteiger partial charge in [-0.15, -0.1) is 0 Å². The van der Waals surface area contributed by atoms with E-state index in [1.165, 1.54) is 5.56 Å². The third kappa shape index (κ3) is 3.30. The predicted octanol–water partition coefficient (Wildman–Crippen LogP) is 4.98. The molecule has 0 aromatic heterocycles. The fraction of sp³-hybridized carbons (Fsp3) is 0.682. The van der Waals surface area contributed by atoms with Crippen LogP contribution in [0.3, 0.4) is 0 Å². The van der Waals surface area contributed by atoms with E-state index < -0.39 is 5.97 Å². The largest absolute Gasteiger partial charge is 0.489 e. The van der Waals surface area contributed by atoms with Gasteiger partial charge in [-0.3, -0.25) is 4.79 Å². The number of benzene rings is 1. The second-order valence-corrected chi connectivity index (χ2v) is 9.47. The Kier molecular flexibility index (Phi) is 4.20. The first-order valence-corrected chi connectivity index (χ1v) is 9.96. The van der Waals surface area contributed by atoms with Crippen molar-refractivity contribution in [3.8, 4) is 11.5 Å². The maximum atomic E-state index is 10.9. The number of hydrogen-bond acceptors (Lipinski definition) is 3. The smallest absolute Gasteiger partial charge is 0.303 e. The first kappa shape index (κ1) is 17.7. The third-order valence-corrected chi connectivity index (χ3v) is 7.02. The lowest BCUT2D eigenvalue weighted by molar-refractivity contribution is -0.138. The molecule has 1 aliphatic heterocycles. The summed E-state index contributed by atoms with van der Waals surface area (Å²) in [5, 5.41) is 9.01. The number of ether oxygens (including phenoxy) is 2. The van der Waals surface area contributed by atoms with E-state index in [2.05, 4.69) is 26.0 Å². The number of fused-ring (bicyclic) bond motifs is 4. The Morgan fingerprint density at radius 3 is 2.42 bits per heavy atom. The van der Waals surface area contributed by atoms with Crippen molar-refractivity contribution >= 4 is 5.97 Å². The van der Waals surface area contributed by atoms with E-state index in [1.54, 1.807) is 0 Å². The molecule has 3 saturated carbocycles. The molecule has 0 spiro atoms. The van der Waals surface area contributed by atoms with Crippen LogP contribution >= 0.6 is 0 Å². The molecule has 0 radical (unpaired) electrons. The van der Waals surface area contributed by atoms with Crippen molar-refractivity contribution in [2.45, 2.75) is 77.2 Å². The van der Waals surface area contributed by atoms with Gasteiger partial charge in [0.1, 0.15) is 5.60 Å². The van der Waals surface area contributed by atoms with Gasteiger partial charge in [0.15, 0.2) is 11.5 Å². The topological polar surface area (TPSA) is 55.8 Å². The zero-order valence-electron chi connectivity index (χ0n) is 16.0. The van der Waals surface area contributed by atoms with E-state index in [1.807, 2.05) is 6.07 Å². The van der Waals surface area contributed by atoms with Gasteiger partial charge in [0.2, 0.25) is 0 Å². The molecule has 1 aromatic rings. The highest BCUT2D eigenvalue weighted by Crippen LogP contribution is 2.59. The van der Waals surface area contributed by atoms with Gasteiger partial charge in [-0.2, -0.15) is 0 Å². The molecule has 3 aliphatic carbocycles. The Labute approximate surface area is 155 Å². The standard InChI is InChI=1S/C22H30O4/c1-20(2)14-16-4-3-5-17(19(16)26-20)25-15-22-11-8-21(9-12-22,10-13-22)7-6-18(23)24/h3-5H,6-15H2,1-2H3,(H,23,24). The van der Waals surface area contributed by atoms with Crippen molar-refractivity contribution in [3.63, 3.8) is 0 Å². The molecule has 4 nitrogen and oxygen atoms in total. The molecule has 3 fully saturated rings. The summed E-state index contributed by atoms with van der Waals surface area (Å²) in [4.78, 5) is 10.9. The van der Waals surface area contributed by atoms with Crippen LogP contribution in [-0.2, 0) is 11.2 Å². The fourth-order valence-electron chi connectivity index (χ4n) is 5.24. The Morgan fingerprint density at radius 2 is 1.77 bits per heavy atom.